The topological polar surface area (TPSA) is 145 Å². The average Bonchev–Trinajstić information content (AvgIpc) is 3.17. The van der Waals surface area contributed by atoms with Gasteiger partial charge in [-0.15, -0.1) is 0 Å². The summed E-state index contributed by atoms with van der Waals surface area (Å²) >= 11 is 0. The number of pyridine rings is 1. The van der Waals surface area contributed by atoms with E-state index >= 15 is 0 Å². The Morgan fingerprint density at radius 2 is 2.00 bits per heavy atom. The van der Waals surface area contributed by atoms with Crippen molar-refractivity contribution in [3.63, 3.8) is 0 Å². The number of nitrogens with zero attached hydrogens (tertiary/aromatic N) is 4. The summed E-state index contributed by atoms with van der Waals surface area (Å²) in [7, 11) is -3.46. The van der Waals surface area contributed by atoms with Crippen LogP contribution in [0.1, 0.15) is 22.8 Å². The Hall–Kier alpha value is -3.99. The maximum atomic E-state index is 12.0. The van der Waals surface area contributed by atoms with E-state index in [2.05, 4.69) is 25.0 Å². The minimum atomic E-state index is -3.46. The first-order valence-corrected chi connectivity index (χ1v) is 11.4. The molecular formula is C21H21N7O3S. The summed E-state index contributed by atoms with van der Waals surface area (Å²) in [5, 5.41) is 3.90. The van der Waals surface area contributed by atoms with E-state index in [4.69, 9.17) is 5.73 Å². The molecule has 32 heavy (non-hydrogen) atoms. The van der Waals surface area contributed by atoms with Crippen LogP contribution in [0.4, 0.5) is 17.5 Å². The molecule has 0 aliphatic rings. The minimum Gasteiger partial charge on any atom is -0.366 e. The Kier molecular flexibility index (Phi) is 5.73. The predicted octanol–water partition coefficient (Wildman–Crippen LogP) is 2.48. The molecule has 0 saturated heterocycles. The molecule has 1 amide bonds. The van der Waals surface area contributed by atoms with Crippen molar-refractivity contribution in [2.75, 3.05) is 15.8 Å². The van der Waals surface area contributed by atoms with E-state index in [1.54, 1.807) is 43.5 Å². The van der Waals surface area contributed by atoms with Crippen LogP contribution < -0.4 is 15.8 Å². The number of anilines is 3. The number of primary amides is 1. The monoisotopic (exact) mass is 451 g/mol. The van der Waals surface area contributed by atoms with Gasteiger partial charge >= 0.3 is 0 Å². The summed E-state index contributed by atoms with van der Waals surface area (Å²) < 4.78 is 28.4. The molecule has 11 heteroatoms. The Labute approximate surface area is 184 Å². The number of benzene rings is 1. The van der Waals surface area contributed by atoms with Crippen LogP contribution >= 0.6 is 0 Å². The van der Waals surface area contributed by atoms with Gasteiger partial charge in [0.15, 0.2) is 0 Å². The normalized spacial score (nSPS) is 11.4. The molecule has 164 valence electrons. The van der Waals surface area contributed by atoms with E-state index < -0.39 is 15.9 Å². The summed E-state index contributed by atoms with van der Waals surface area (Å²) in [6.45, 7) is 1.92. The zero-order chi connectivity index (χ0) is 22.7. The van der Waals surface area contributed by atoms with Gasteiger partial charge in [0.2, 0.25) is 21.9 Å². The first kappa shape index (κ1) is 21.2. The number of aromatic nitrogens is 4. The summed E-state index contributed by atoms with van der Waals surface area (Å²) in [6.07, 6.45) is 5.07. The summed E-state index contributed by atoms with van der Waals surface area (Å²) in [5.41, 5.74) is 7.69. The SMILES string of the molecule is CCS(=O)(=O)Nc1ncccc1Cn1ccc2cnc(Nc3cccc(C(N)=O)c3)nc21. The lowest BCUT2D eigenvalue weighted by Gasteiger charge is -2.12. The van der Waals surface area contributed by atoms with Crippen LogP contribution in [-0.4, -0.2) is 39.6 Å². The van der Waals surface area contributed by atoms with Gasteiger partial charge in [-0.25, -0.2) is 18.4 Å². The lowest BCUT2D eigenvalue weighted by Crippen LogP contribution is -2.17. The van der Waals surface area contributed by atoms with Crippen LogP contribution in [0.2, 0.25) is 0 Å². The Morgan fingerprint density at radius 3 is 2.78 bits per heavy atom. The highest BCUT2D eigenvalue weighted by Crippen LogP contribution is 2.21. The first-order valence-electron chi connectivity index (χ1n) is 9.78. The van der Waals surface area contributed by atoms with Gasteiger partial charge in [-0.05, 0) is 37.3 Å². The van der Waals surface area contributed by atoms with Crippen LogP contribution in [0, 0.1) is 0 Å². The third kappa shape index (κ3) is 4.67. The fraction of sp³-hybridized carbons (Fsp3) is 0.143. The third-order valence-electron chi connectivity index (χ3n) is 4.77. The van der Waals surface area contributed by atoms with E-state index in [1.165, 1.54) is 6.20 Å². The van der Waals surface area contributed by atoms with Crippen molar-refractivity contribution in [3.8, 4) is 0 Å². The fourth-order valence-electron chi connectivity index (χ4n) is 3.10. The highest BCUT2D eigenvalue weighted by Gasteiger charge is 2.13. The van der Waals surface area contributed by atoms with Crippen LogP contribution in [0.15, 0.2) is 61.1 Å². The van der Waals surface area contributed by atoms with Gasteiger partial charge in [-0.2, -0.15) is 4.98 Å². The lowest BCUT2D eigenvalue weighted by atomic mass is 10.2. The number of amides is 1. The number of fused-ring (bicyclic) bond motifs is 1. The zero-order valence-corrected chi connectivity index (χ0v) is 18.0. The average molecular weight is 452 g/mol. The molecule has 0 spiro atoms. The van der Waals surface area contributed by atoms with Crippen molar-refractivity contribution in [1.82, 2.24) is 19.5 Å². The first-order chi connectivity index (χ1) is 15.3. The van der Waals surface area contributed by atoms with Gasteiger partial charge < -0.3 is 15.6 Å². The molecule has 0 fully saturated rings. The van der Waals surface area contributed by atoms with Crippen LogP contribution in [0.5, 0.6) is 0 Å². The second-order valence-electron chi connectivity index (χ2n) is 7.00. The summed E-state index contributed by atoms with van der Waals surface area (Å²) in [5.74, 6) is 0.0585. The standard InChI is InChI=1S/C21H21N7O3S/c1-2-32(30,31)27-19-16(6-4-9-23-19)13-28-10-8-15-12-24-21(26-20(15)28)25-17-7-3-5-14(11-17)18(22)29/h3-12H,2,13H2,1H3,(H2,22,29)(H,23,27)(H,24,25,26). The van der Waals surface area contributed by atoms with E-state index in [1.807, 2.05) is 22.9 Å². The van der Waals surface area contributed by atoms with Crippen molar-refractivity contribution in [3.05, 3.63) is 72.2 Å². The molecule has 0 unspecified atom stereocenters. The number of nitrogens with two attached hydrogens (primary N) is 1. The second-order valence-corrected chi connectivity index (χ2v) is 9.01. The van der Waals surface area contributed by atoms with Gasteiger partial charge in [0, 0.05) is 40.8 Å². The van der Waals surface area contributed by atoms with Gasteiger partial charge in [0.05, 0.1) is 12.3 Å². The number of carbonyl (C=O) groups is 1. The Balaban J connectivity index is 1.63. The number of rotatable bonds is 8. The number of hydrogen-bond donors (Lipinski definition) is 3. The minimum absolute atomic E-state index is 0.0470. The molecule has 10 nitrogen and oxygen atoms in total. The molecule has 0 saturated carbocycles. The van der Waals surface area contributed by atoms with E-state index in [0.717, 1.165) is 5.39 Å². The molecule has 3 heterocycles. The molecule has 0 aliphatic carbocycles. The van der Waals surface area contributed by atoms with Gasteiger partial charge in [0.1, 0.15) is 11.5 Å². The Bertz CT molecular complexity index is 1400. The molecule has 0 bridgehead atoms. The highest BCUT2D eigenvalue weighted by molar-refractivity contribution is 7.92. The Morgan fingerprint density at radius 1 is 1.16 bits per heavy atom. The molecule has 3 aromatic heterocycles. The van der Waals surface area contributed by atoms with Gasteiger partial charge in [0.25, 0.3) is 0 Å². The lowest BCUT2D eigenvalue weighted by molar-refractivity contribution is 0.100. The molecule has 1 aromatic carbocycles. The largest absolute Gasteiger partial charge is 0.366 e. The third-order valence-corrected chi connectivity index (χ3v) is 6.03. The maximum Gasteiger partial charge on any atom is 0.248 e. The smallest absolute Gasteiger partial charge is 0.248 e. The van der Waals surface area contributed by atoms with Crippen molar-refractivity contribution >= 4 is 44.4 Å². The maximum absolute atomic E-state index is 12.0. The quantitative estimate of drug-likeness (QED) is 0.373. The van der Waals surface area contributed by atoms with Crippen molar-refractivity contribution in [2.45, 2.75) is 13.5 Å². The molecular weight excluding hydrogens is 430 g/mol. The van der Waals surface area contributed by atoms with Crippen LogP contribution in [0.3, 0.4) is 0 Å². The van der Waals surface area contributed by atoms with E-state index in [-0.39, 0.29) is 11.6 Å². The zero-order valence-electron chi connectivity index (χ0n) is 17.2. The molecule has 4 N–H and O–H groups in total. The fourth-order valence-corrected chi connectivity index (χ4v) is 3.72. The number of hydrogen-bond acceptors (Lipinski definition) is 7. The molecule has 4 rings (SSSR count). The molecule has 0 aliphatic heterocycles. The van der Waals surface area contributed by atoms with Crippen molar-refractivity contribution < 1.29 is 13.2 Å². The van der Waals surface area contributed by atoms with E-state index in [9.17, 15) is 13.2 Å². The predicted molar refractivity (Wildman–Crippen MR) is 122 cm³/mol. The number of nitrogens with one attached hydrogen (secondary N) is 2. The summed E-state index contributed by atoms with van der Waals surface area (Å²) in [6, 6.07) is 12.2. The summed E-state index contributed by atoms with van der Waals surface area (Å²) in [4.78, 5) is 24.5. The van der Waals surface area contributed by atoms with Crippen molar-refractivity contribution in [2.24, 2.45) is 5.73 Å². The number of carbonyl (C=O) groups excluding carboxylic acids is 1. The van der Waals surface area contributed by atoms with Crippen LogP contribution in [-0.2, 0) is 16.6 Å². The van der Waals surface area contributed by atoms with Gasteiger partial charge in [-0.3, -0.25) is 9.52 Å². The van der Waals surface area contributed by atoms with Crippen molar-refractivity contribution in [1.29, 1.82) is 0 Å². The van der Waals surface area contributed by atoms with Gasteiger partial charge in [-0.1, -0.05) is 12.1 Å². The molecule has 0 radical (unpaired) electrons. The number of sulfonamides is 1. The molecule has 4 aromatic rings. The second kappa shape index (κ2) is 8.63. The molecule has 0 atom stereocenters. The van der Waals surface area contributed by atoms with E-state index in [0.29, 0.717) is 35.0 Å². The highest BCUT2D eigenvalue weighted by atomic mass is 32.2. The van der Waals surface area contributed by atoms with Crippen LogP contribution in [0.25, 0.3) is 11.0 Å².